The molecule has 2 aromatic rings. The molecule has 2 atom stereocenters. The Bertz CT molecular complexity index is 917. The fraction of sp³-hybridized carbons (Fsp3) is 0.444. The van der Waals surface area contributed by atoms with Crippen LogP contribution >= 0.6 is 0 Å². The van der Waals surface area contributed by atoms with Crippen LogP contribution in [0.2, 0.25) is 0 Å². The fourth-order valence-corrected chi connectivity index (χ4v) is 3.07. The Hall–Kier alpha value is -3.35. The van der Waals surface area contributed by atoms with E-state index < -0.39 is 35.9 Å². The first kappa shape index (κ1) is 26.9. The fourth-order valence-electron chi connectivity index (χ4n) is 3.07. The van der Waals surface area contributed by atoms with Crippen LogP contribution in [0.5, 0.6) is 0 Å². The van der Waals surface area contributed by atoms with Crippen LogP contribution in [0.15, 0.2) is 60.7 Å². The minimum Gasteiger partial charge on any atom is -0.457 e. The van der Waals surface area contributed by atoms with Gasteiger partial charge in [-0.3, -0.25) is 0 Å². The molecule has 0 heterocycles. The van der Waals surface area contributed by atoms with Gasteiger partial charge in [0.15, 0.2) is 0 Å². The molecule has 0 amide bonds. The smallest absolute Gasteiger partial charge is 0.457 e. The Morgan fingerprint density at radius 3 is 1.85 bits per heavy atom. The lowest BCUT2D eigenvalue weighted by atomic mass is 10.1. The van der Waals surface area contributed by atoms with E-state index >= 15 is 0 Å². The number of rotatable bonds is 10. The van der Waals surface area contributed by atoms with Crippen LogP contribution in [0.3, 0.4) is 0 Å². The van der Waals surface area contributed by atoms with Gasteiger partial charge in [0.25, 0.3) is 0 Å². The molecule has 0 radical (unpaired) electrons. The van der Waals surface area contributed by atoms with Gasteiger partial charge in [-0.1, -0.05) is 74.5 Å². The number of carbonyl (C=O) groups is 3. The Kier molecular flexibility index (Phi) is 10.1. The third-order valence-electron chi connectivity index (χ3n) is 4.58. The second-order valence-electron chi connectivity index (χ2n) is 9.41. The molecule has 0 aromatic heterocycles. The summed E-state index contributed by atoms with van der Waals surface area (Å²) in [5, 5.41) is 0. The molecule has 0 aliphatic heterocycles. The molecule has 34 heavy (non-hydrogen) atoms. The lowest BCUT2D eigenvalue weighted by molar-refractivity contribution is -0.180. The highest BCUT2D eigenvalue weighted by molar-refractivity contribution is 5.83. The standard InChI is InChI=1S/C27H34O7/c1-19(2)16-22(33-26(30)31-18-21-14-10-7-11-15-21)24(28)32-23(25(29)34-27(3,4)5)17-20-12-8-6-9-13-20/h6-15,19,22-23H,16-18H2,1-5H3/t22-,23-/m0/s1. The van der Waals surface area contributed by atoms with Crippen molar-refractivity contribution in [2.75, 3.05) is 0 Å². The number of esters is 2. The van der Waals surface area contributed by atoms with E-state index in [1.165, 1.54) is 0 Å². The summed E-state index contributed by atoms with van der Waals surface area (Å²) in [6, 6.07) is 18.3. The Balaban J connectivity index is 2.09. The molecule has 7 heteroatoms. The summed E-state index contributed by atoms with van der Waals surface area (Å²) in [5.41, 5.74) is 0.832. The highest BCUT2D eigenvalue weighted by atomic mass is 16.7. The molecule has 0 N–H and O–H groups in total. The predicted molar refractivity (Wildman–Crippen MR) is 127 cm³/mol. The van der Waals surface area contributed by atoms with E-state index in [4.69, 9.17) is 18.9 Å². The van der Waals surface area contributed by atoms with E-state index in [1.807, 2.05) is 74.5 Å². The van der Waals surface area contributed by atoms with Crippen molar-refractivity contribution in [1.82, 2.24) is 0 Å². The van der Waals surface area contributed by atoms with E-state index in [2.05, 4.69) is 0 Å². The molecule has 2 rings (SSSR count). The molecule has 0 fully saturated rings. The summed E-state index contributed by atoms with van der Waals surface area (Å²) in [7, 11) is 0. The SMILES string of the molecule is CC(C)C[C@H](OC(=O)OCc1ccccc1)C(=O)O[C@@H](Cc1ccccc1)C(=O)OC(C)(C)C. The lowest BCUT2D eigenvalue weighted by Crippen LogP contribution is -2.40. The van der Waals surface area contributed by atoms with Gasteiger partial charge in [0.1, 0.15) is 12.2 Å². The number of ether oxygens (including phenoxy) is 4. The van der Waals surface area contributed by atoms with Crippen molar-refractivity contribution < 1.29 is 33.3 Å². The molecule has 0 saturated carbocycles. The third kappa shape index (κ3) is 10.1. The predicted octanol–water partition coefficient (Wildman–Crippen LogP) is 5.25. The summed E-state index contributed by atoms with van der Waals surface area (Å²) in [4.78, 5) is 38.1. The van der Waals surface area contributed by atoms with Gasteiger partial charge >= 0.3 is 18.1 Å². The molecular weight excluding hydrogens is 436 g/mol. The maximum absolute atomic E-state index is 13.0. The zero-order valence-corrected chi connectivity index (χ0v) is 20.5. The first-order valence-electron chi connectivity index (χ1n) is 11.4. The molecule has 0 unspecified atom stereocenters. The summed E-state index contributed by atoms with van der Waals surface area (Å²) >= 11 is 0. The Morgan fingerprint density at radius 1 is 0.765 bits per heavy atom. The minimum atomic E-state index is -1.22. The average Bonchev–Trinajstić information content (AvgIpc) is 2.76. The molecule has 0 aliphatic rings. The second kappa shape index (κ2) is 12.8. The van der Waals surface area contributed by atoms with E-state index in [0.29, 0.717) is 0 Å². The zero-order chi connectivity index (χ0) is 25.1. The van der Waals surface area contributed by atoms with Crippen LogP contribution in [0, 0.1) is 5.92 Å². The first-order chi connectivity index (χ1) is 16.0. The van der Waals surface area contributed by atoms with Crippen molar-refractivity contribution in [1.29, 1.82) is 0 Å². The number of carbonyl (C=O) groups excluding carboxylic acids is 3. The van der Waals surface area contributed by atoms with Gasteiger partial charge in [0.2, 0.25) is 12.2 Å². The lowest BCUT2D eigenvalue weighted by Gasteiger charge is -2.25. The number of hydrogen-bond acceptors (Lipinski definition) is 7. The van der Waals surface area contributed by atoms with Gasteiger partial charge in [-0.15, -0.1) is 0 Å². The van der Waals surface area contributed by atoms with Crippen molar-refractivity contribution in [2.45, 2.75) is 71.9 Å². The Labute approximate surface area is 201 Å². The summed E-state index contributed by atoms with van der Waals surface area (Å²) in [5.74, 6) is -1.47. The topological polar surface area (TPSA) is 88.1 Å². The molecule has 0 saturated heterocycles. The summed E-state index contributed by atoms with van der Waals surface area (Å²) in [6.07, 6.45) is -3.04. The van der Waals surface area contributed by atoms with Crippen molar-refractivity contribution in [3.63, 3.8) is 0 Å². The molecule has 7 nitrogen and oxygen atoms in total. The van der Waals surface area contributed by atoms with E-state index in [9.17, 15) is 14.4 Å². The summed E-state index contributed by atoms with van der Waals surface area (Å²) < 4.78 is 21.4. The maximum atomic E-state index is 13.0. The van der Waals surface area contributed by atoms with Gasteiger partial charge in [-0.25, -0.2) is 14.4 Å². The van der Waals surface area contributed by atoms with Gasteiger partial charge in [0, 0.05) is 6.42 Å². The second-order valence-corrected chi connectivity index (χ2v) is 9.41. The van der Waals surface area contributed by atoms with Crippen LogP contribution in [0.4, 0.5) is 4.79 Å². The highest BCUT2D eigenvalue weighted by Crippen LogP contribution is 2.17. The highest BCUT2D eigenvalue weighted by Gasteiger charge is 2.34. The minimum absolute atomic E-state index is 0.0116. The van der Waals surface area contributed by atoms with Crippen LogP contribution in [-0.4, -0.2) is 35.9 Å². The van der Waals surface area contributed by atoms with Crippen molar-refractivity contribution >= 4 is 18.1 Å². The van der Waals surface area contributed by atoms with Crippen LogP contribution in [-0.2, 0) is 41.6 Å². The largest absolute Gasteiger partial charge is 0.509 e. The first-order valence-corrected chi connectivity index (χ1v) is 11.4. The van der Waals surface area contributed by atoms with Gasteiger partial charge in [-0.2, -0.15) is 0 Å². The molecule has 2 aromatic carbocycles. The quantitative estimate of drug-likeness (QED) is 0.346. The number of hydrogen-bond donors (Lipinski definition) is 0. The maximum Gasteiger partial charge on any atom is 0.509 e. The van der Waals surface area contributed by atoms with Crippen LogP contribution in [0.1, 0.15) is 52.2 Å². The molecule has 0 aliphatic carbocycles. The molecule has 0 bridgehead atoms. The van der Waals surface area contributed by atoms with E-state index in [-0.39, 0.29) is 25.4 Å². The number of benzene rings is 2. The van der Waals surface area contributed by atoms with Crippen molar-refractivity contribution in [3.05, 3.63) is 71.8 Å². The van der Waals surface area contributed by atoms with E-state index in [0.717, 1.165) is 11.1 Å². The van der Waals surface area contributed by atoms with Crippen molar-refractivity contribution in [2.24, 2.45) is 5.92 Å². The normalized spacial score (nSPS) is 13.0. The third-order valence-corrected chi connectivity index (χ3v) is 4.58. The zero-order valence-electron chi connectivity index (χ0n) is 20.5. The molecular formula is C27H34O7. The summed E-state index contributed by atoms with van der Waals surface area (Å²) in [6.45, 7) is 8.99. The molecule has 184 valence electrons. The van der Waals surface area contributed by atoms with Gasteiger partial charge in [0.05, 0.1) is 0 Å². The van der Waals surface area contributed by atoms with Crippen LogP contribution in [0.25, 0.3) is 0 Å². The van der Waals surface area contributed by atoms with E-state index in [1.54, 1.807) is 20.8 Å². The average molecular weight is 471 g/mol. The van der Waals surface area contributed by atoms with Gasteiger partial charge in [-0.05, 0) is 44.2 Å². The Morgan fingerprint density at radius 2 is 1.32 bits per heavy atom. The monoisotopic (exact) mass is 470 g/mol. The molecule has 0 spiro atoms. The van der Waals surface area contributed by atoms with Gasteiger partial charge < -0.3 is 18.9 Å². The van der Waals surface area contributed by atoms with Crippen LogP contribution < -0.4 is 0 Å². The van der Waals surface area contributed by atoms with Crippen molar-refractivity contribution in [3.8, 4) is 0 Å².